The summed E-state index contributed by atoms with van der Waals surface area (Å²) in [6.07, 6.45) is 2.67. The van der Waals surface area contributed by atoms with Crippen LogP contribution in [0.3, 0.4) is 0 Å². The summed E-state index contributed by atoms with van der Waals surface area (Å²) in [7, 11) is 0. The van der Waals surface area contributed by atoms with Crippen LogP contribution >= 0.6 is 27.3 Å². The number of thiophene rings is 1. The predicted octanol–water partition coefficient (Wildman–Crippen LogP) is 4.20. The van der Waals surface area contributed by atoms with E-state index in [2.05, 4.69) is 62.0 Å². The Labute approximate surface area is 132 Å². The highest BCUT2D eigenvalue weighted by atomic mass is 79.9. The average molecular weight is 354 g/mol. The van der Waals surface area contributed by atoms with Crippen molar-refractivity contribution in [1.82, 2.24) is 14.7 Å². The summed E-state index contributed by atoms with van der Waals surface area (Å²) in [5.41, 5.74) is 2.40. The summed E-state index contributed by atoms with van der Waals surface area (Å²) < 4.78 is 3.31. The topological polar surface area (TPSA) is 21.1 Å². The van der Waals surface area contributed by atoms with Crippen LogP contribution in [0.25, 0.3) is 0 Å². The van der Waals surface area contributed by atoms with Crippen LogP contribution in [0.1, 0.15) is 36.0 Å². The van der Waals surface area contributed by atoms with Gasteiger partial charge in [0.15, 0.2) is 0 Å². The zero-order chi connectivity index (χ0) is 14.1. The molecule has 0 atom stereocenters. The van der Waals surface area contributed by atoms with E-state index >= 15 is 0 Å². The molecule has 3 rings (SSSR count). The molecule has 0 bridgehead atoms. The number of nitrogens with zero attached hydrogens (tertiary/aromatic N) is 3. The van der Waals surface area contributed by atoms with Gasteiger partial charge in [0.2, 0.25) is 0 Å². The largest absolute Gasteiger partial charge is 0.289 e. The first-order valence-electron chi connectivity index (χ1n) is 7.17. The number of hydrogen-bond donors (Lipinski definition) is 0. The molecule has 1 aliphatic carbocycles. The van der Waals surface area contributed by atoms with Crippen molar-refractivity contribution in [3.05, 3.63) is 38.3 Å². The van der Waals surface area contributed by atoms with Gasteiger partial charge < -0.3 is 0 Å². The van der Waals surface area contributed by atoms with Gasteiger partial charge >= 0.3 is 0 Å². The summed E-state index contributed by atoms with van der Waals surface area (Å²) in [5.74, 6) is 0. The smallest absolute Gasteiger partial charge is 0.0739 e. The normalized spacial score (nSPS) is 15.2. The quantitative estimate of drug-likeness (QED) is 0.775. The second-order valence-corrected chi connectivity index (χ2v) is 7.20. The second kappa shape index (κ2) is 6.00. The lowest BCUT2D eigenvalue weighted by molar-refractivity contribution is 0.239. The fourth-order valence-corrected chi connectivity index (χ4v) is 3.71. The molecule has 20 heavy (non-hydrogen) atoms. The molecule has 0 aromatic carbocycles. The van der Waals surface area contributed by atoms with E-state index in [-0.39, 0.29) is 0 Å². The molecule has 2 aromatic rings. The van der Waals surface area contributed by atoms with Crippen LogP contribution in [-0.4, -0.2) is 20.7 Å². The first kappa shape index (κ1) is 14.3. The van der Waals surface area contributed by atoms with Gasteiger partial charge in [0.25, 0.3) is 0 Å². The summed E-state index contributed by atoms with van der Waals surface area (Å²) in [6.45, 7) is 7.20. The van der Waals surface area contributed by atoms with E-state index < -0.39 is 0 Å². The van der Waals surface area contributed by atoms with Crippen LogP contribution in [0, 0.1) is 6.92 Å². The molecule has 108 valence electrons. The summed E-state index contributed by atoms with van der Waals surface area (Å²) in [4.78, 5) is 4.05. The molecule has 0 N–H and O–H groups in total. The van der Waals surface area contributed by atoms with Gasteiger partial charge in [-0.2, -0.15) is 5.10 Å². The van der Waals surface area contributed by atoms with Crippen LogP contribution < -0.4 is 0 Å². The third-order valence-corrected chi connectivity index (χ3v) is 5.70. The first-order valence-corrected chi connectivity index (χ1v) is 8.84. The van der Waals surface area contributed by atoms with E-state index in [0.717, 1.165) is 31.4 Å². The Morgan fingerprint density at radius 2 is 2.25 bits per heavy atom. The van der Waals surface area contributed by atoms with Crippen molar-refractivity contribution >= 4 is 27.3 Å². The van der Waals surface area contributed by atoms with E-state index in [4.69, 9.17) is 0 Å². The van der Waals surface area contributed by atoms with Crippen molar-refractivity contribution in [2.75, 3.05) is 0 Å². The molecule has 0 saturated heterocycles. The molecule has 1 fully saturated rings. The number of halogens is 1. The van der Waals surface area contributed by atoms with E-state index in [1.165, 1.54) is 27.9 Å². The van der Waals surface area contributed by atoms with E-state index in [1.807, 2.05) is 11.3 Å². The van der Waals surface area contributed by atoms with Crippen molar-refractivity contribution in [2.24, 2.45) is 0 Å². The average Bonchev–Trinajstić information content (AvgIpc) is 3.11. The third kappa shape index (κ3) is 3.00. The zero-order valence-corrected chi connectivity index (χ0v) is 14.4. The van der Waals surface area contributed by atoms with Gasteiger partial charge in [-0.05, 0) is 54.1 Å². The van der Waals surface area contributed by atoms with Crippen molar-refractivity contribution < 1.29 is 0 Å². The summed E-state index contributed by atoms with van der Waals surface area (Å²) in [6, 6.07) is 5.13. The molecule has 2 aromatic heterocycles. The Kier molecular flexibility index (Phi) is 4.29. The van der Waals surface area contributed by atoms with Crippen molar-refractivity contribution in [2.45, 2.75) is 52.4 Å². The Bertz CT molecular complexity index is 572. The number of aryl methyl sites for hydroxylation is 2. The van der Waals surface area contributed by atoms with Gasteiger partial charge in [-0.15, -0.1) is 11.3 Å². The summed E-state index contributed by atoms with van der Waals surface area (Å²) >= 11 is 5.56. The standard InChI is InChI=1S/C15H20BrN3S/c1-3-19-14(15(16)11(2)17-19)10-18(12-6-7-12)9-13-5-4-8-20-13/h4-5,8,12H,3,6-7,9-10H2,1-2H3. The van der Waals surface area contributed by atoms with Crippen molar-refractivity contribution in [1.29, 1.82) is 0 Å². The Balaban J connectivity index is 1.79. The van der Waals surface area contributed by atoms with Gasteiger partial charge in [0, 0.05) is 30.6 Å². The van der Waals surface area contributed by atoms with E-state index in [0.29, 0.717) is 0 Å². The highest BCUT2D eigenvalue weighted by Gasteiger charge is 2.30. The highest BCUT2D eigenvalue weighted by molar-refractivity contribution is 9.10. The van der Waals surface area contributed by atoms with Crippen LogP contribution in [-0.2, 0) is 19.6 Å². The molecular weight excluding hydrogens is 334 g/mol. The molecule has 0 unspecified atom stereocenters. The minimum Gasteiger partial charge on any atom is -0.289 e. The maximum Gasteiger partial charge on any atom is 0.0739 e. The maximum absolute atomic E-state index is 4.60. The molecular formula is C15H20BrN3S. The van der Waals surface area contributed by atoms with Crippen LogP contribution in [0.2, 0.25) is 0 Å². The van der Waals surface area contributed by atoms with Gasteiger partial charge in [-0.1, -0.05) is 6.07 Å². The molecule has 1 aliphatic rings. The van der Waals surface area contributed by atoms with Gasteiger partial charge in [-0.25, -0.2) is 0 Å². The molecule has 5 heteroatoms. The molecule has 0 aliphatic heterocycles. The van der Waals surface area contributed by atoms with Crippen molar-refractivity contribution in [3.8, 4) is 0 Å². The predicted molar refractivity (Wildman–Crippen MR) is 86.9 cm³/mol. The minimum atomic E-state index is 0.754. The SMILES string of the molecule is CCn1nc(C)c(Br)c1CN(Cc1cccs1)C1CC1. The maximum atomic E-state index is 4.60. The third-order valence-electron chi connectivity index (χ3n) is 3.81. The van der Waals surface area contributed by atoms with Gasteiger partial charge in [0.05, 0.1) is 15.9 Å². The Hall–Kier alpha value is -0.650. The Morgan fingerprint density at radius 3 is 2.85 bits per heavy atom. The lowest BCUT2D eigenvalue weighted by atomic mass is 10.3. The number of aromatic nitrogens is 2. The first-order chi connectivity index (χ1) is 9.69. The molecule has 0 radical (unpaired) electrons. The number of rotatable bonds is 6. The highest BCUT2D eigenvalue weighted by Crippen LogP contribution is 2.32. The molecule has 3 nitrogen and oxygen atoms in total. The van der Waals surface area contributed by atoms with Crippen LogP contribution in [0.4, 0.5) is 0 Å². The molecule has 0 spiro atoms. The minimum absolute atomic E-state index is 0.754. The molecule has 1 saturated carbocycles. The van der Waals surface area contributed by atoms with E-state index in [1.54, 1.807) is 0 Å². The zero-order valence-electron chi connectivity index (χ0n) is 12.0. The molecule has 0 amide bonds. The lowest BCUT2D eigenvalue weighted by Crippen LogP contribution is -2.26. The van der Waals surface area contributed by atoms with Crippen LogP contribution in [0.15, 0.2) is 22.0 Å². The lowest BCUT2D eigenvalue weighted by Gasteiger charge is -2.22. The van der Waals surface area contributed by atoms with E-state index in [9.17, 15) is 0 Å². The fraction of sp³-hybridized carbons (Fsp3) is 0.533. The summed E-state index contributed by atoms with van der Waals surface area (Å²) in [5, 5.41) is 6.77. The van der Waals surface area contributed by atoms with Crippen molar-refractivity contribution in [3.63, 3.8) is 0 Å². The molecule has 2 heterocycles. The van der Waals surface area contributed by atoms with Crippen LogP contribution in [0.5, 0.6) is 0 Å². The monoisotopic (exact) mass is 353 g/mol. The second-order valence-electron chi connectivity index (χ2n) is 5.38. The van der Waals surface area contributed by atoms with Gasteiger partial charge in [-0.3, -0.25) is 9.58 Å². The van der Waals surface area contributed by atoms with Gasteiger partial charge in [0.1, 0.15) is 0 Å². The Morgan fingerprint density at radius 1 is 1.45 bits per heavy atom. The number of hydrogen-bond acceptors (Lipinski definition) is 3. The fourth-order valence-electron chi connectivity index (χ4n) is 2.57.